The van der Waals surface area contributed by atoms with Crippen molar-refractivity contribution in [2.75, 3.05) is 28.9 Å². The number of para-hydroxylation sites is 1. The van der Waals surface area contributed by atoms with Crippen molar-refractivity contribution in [3.05, 3.63) is 82.4 Å². The summed E-state index contributed by atoms with van der Waals surface area (Å²) in [5.74, 6) is -0.259. The number of carbonyl (C=O) groups is 1. The molecule has 1 amide bonds. The zero-order valence-electron chi connectivity index (χ0n) is 21.5. The Bertz CT molecular complexity index is 1610. The van der Waals surface area contributed by atoms with Crippen molar-refractivity contribution in [2.24, 2.45) is 0 Å². The first kappa shape index (κ1) is 26.3. The Kier molecular flexibility index (Phi) is 7.09. The number of hydrogen-bond donors (Lipinski definition) is 0. The van der Waals surface area contributed by atoms with Gasteiger partial charge in [0.1, 0.15) is 0 Å². The Morgan fingerprint density at radius 2 is 1.92 bits per heavy atom. The van der Waals surface area contributed by atoms with Crippen LogP contribution < -0.4 is 9.21 Å². The van der Waals surface area contributed by atoms with Crippen LogP contribution >= 0.6 is 22.9 Å². The average molecular weight is 582 g/mol. The van der Waals surface area contributed by atoms with E-state index in [1.807, 2.05) is 43.3 Å². The maximum atomic E-state index is 13.9. The number of carbonyl (C=O) groups excluding carboxylic acids is 1. The molecule has 10 heteroatoms. The molecule has 1 unspecified atom stereocenters. The molecule has 6 rings (SSSR count). The van der Waals surface area contributed by atoms with Crippen LogP contribution in [0.3, 0.4) is 0 Å². The molecule has 0 spiro atoms. The molecule has 3 heterocycles. The Morgan fingerprint density at radius 1 is 1.13 bits per heavy atom. The van der Waals surface area contributed by atoms with Gasteiger partial charge in [-0.2, -0.15) is 0 Å². The molecular formula is C29H28ClN3O4S2. The minimum absolute atomic E-state index is 0.0867. The van der Waals surface area contributed by atoms with Gasteiger partial charge in [-0.05, 0) is 80.1 Å². The SMILES string of the molecule is Cc1ccc(Cl)c2sc(N(CC3CCCO3)C(=O)c3ccc(S(=O)(=O)N4CCCc5ccccc54)cc3)nc12. The van der Waals surface area contributed by atoms with Crippen molar-refractivity contribution >= 4 is 59.9 Å². The second-order valence-electron chi connectivity index (χ2n) is 9.92. The molecule has 2 aliphatic heterocycles. The normalized spacial score (nSPS) is 17.4. The molecule has 1 atom stereocenters. The second-order valence-corrected chi connectivity index (χ2v) is 13.2. The number of nitrogens with zero attached hydrogens (tertiary/aromatic N) is 3. The Labute approximate surface area is 237 Å². The first-order chi connectivity index (χ1) is 18.8. The van der Waals surface area contributed by atoms with Crippen molar-refractivity contribution < 1.29 is 17.9 Å². The number of sulfonamides is 1. The predicted octanol–water partition coefficient (Wildman–Crippen LogP) is 6.23. The molecule has 0 radical (unpaired) electrons. The molecule has 0 bridgehead atoms. The van der Waals surface area contributed by atoms with E-state index in [4.69, 9.17) is 21.3 Å². The lowest BCUT2D eigenvalue weighted by Crippen LogP contribution is -2.37. The summed E-state index contributed by atoms with van der Waals surface area (Å²) >= 11 is 7.83. The minimum Gasteiger partial charge on any atom is -0.376 e. The number of amides is 1. The lowest BCUT2D eigenvalue weighted by Gasteiger charge is -2.30. The van der Waals surface area contributed by atoms with E-state index in [2.05, 4.69) is 0 Å². The van der Waals surface area contributed by atoms with E-state index in [-0.39, 0.29) is 16.9 Å². The van der Waals surface area contributed by atoms with Crippen molar-refractivity contribution in [1.82, 2.24) is 4.98 Å². The van der Waals surface area contributed by atoms with Crippen molar-refractivity contribution in [2.45, 2.75) is 43.6 Å². The first-order valence-electron chi connectivity index (χ1n) is 13.0. The molecule has 3 aromatic carbocycles. The molecule has 0 saturated carbocycles. The molecule has 1 saturated heterocycles. The van der Waals surface area contributed by atoms with Crippen molar-refractivity contribution in [3.63, 3.8) is 0 Å². The summed E-state index contributed by atoms with van der Waals surface area (Å²) in [7, 11) is -3.77. The number of aryl methyl sites for hydroxylation is 2. The average Bonchev–Trinajstić information content (AvgIpc) is 3.64. The van der Waals surface area contributed by atoms with Gasteiger partial charge < -0.3 is 4.74 Å². The summed E-state index contributed by atoms with van der Waals surface area (Å²) in [6, 6.07) is 17.6. The lowest BCUT2D eigenvalue weighted by molar-refractivity contribution is 0.0917. The predicted molar refractivity (Wildman–Crippen MR) is 156 cm³/mol. The maximum Gasteiger partial charge on any atom is 0.264 e. The zero-order chi connectivity index (χ0) is 27.1. The largest absolute Gasteiger partial charge is 0.376 e. The Hall–Kier alpha value is -2.98. The zero-order valence-corrected chi connectivity index (χ0v) is 23.9. The van der Waals surface area contributed by atoms with E-state index in [1.54, 1.807) is 17.0 Å². The van der Waals surface area contributed by atoms with Crippen LogP contribution in [0.2, 0.25) is 5.02 Å². The van der Waals surface area contributed by atoms with E-state index in [9.17, 15) is 13.2 Å². The van der Waals surface area contributed by atoms with Crippen LogP contribution in [0, 0.1) is 6.92 Å². The quantitative estimate of drug-likeness (QED) is 0.270. The molecule has 4 aromatic rings. The van der Waals surface area contributed by atoms with Crippen LogP contribution in [-0.2, 0) is 21.2 Å². The highest BCUT2D eigenvalue weighted by atomic mass is 35.5. The molecule has 39 heavy (non-hydrogen) atoms. The number of rotatable bonds is 6. The van der Waals surface area contributed by atoms with Crippen LogP contribution in [0.5, 0.6) is 0 Å². The molecule has 1 aromatic heterocycles. The smallest absolute Gasteiger partial charge is 0.264 e. The van der Waals surface area contributed by atoms with Gasteiger partial charge in [-0.3, -0.25) is 14.0 Å². The van der Waals surface area contributed by atoms with Gasteiger partial charge in [0.2, 0.25) is 0 Å². The lowest BCUT2D eigenvalue weighted by atomic mass is 10.0. The third kappa shape index (κ3) is 4.93. The fourth-order valence-corrected chi connectivity index (χ4v) is 8.11. The van der Waals surface area contributed by atoms with Crippen LogP contribution in [0.4, 0.5) is 10.8 Å². The fourth-order valence-electron chi connectivity index (χ4n) is 5.25. The van der Waals surface area contributed by atoms with Crippen molar-refractivity contribution in [1.29, 1.82) is 0 Å². The van der Waals surface area contributed by atoms with E-state index >= 15 is 0 Å². The molecule has 202 valence electrons. The number of benzene rings is 3. The number of thiazole rings is 1. The monoisotopic (exact) mass is 581 g/mol. The molecule has 1 fully saturated rings. The third-order valence-electron chi connectivity index (χ3n) is 7.33. The number of hydrogen-bond acceptors (Lipinski definition) is 6. The fraction of sp³-hybridized carbons (Fsp3) is 0.310. The van der Waals surface area contributed by atoms with E-state index in [0.717, 1.165) is 52.7 Å². The number of fused-ring (bicyclic) bond motifs is 2. The highest BCUT2D eigenvalue weighted by Crippen LogP contribution is 2.37. The number of aromatic nitrogens is 1. The van der Waals surface area contributed by atoms with Gasteiger partial charge in [0, 0.05) is 18.7 Å². The van der Waals surface area contributed by atoms with Crippen LogP contribution in [0.15, 0.2) is 65.6 Å². The van der Waals surface area contributed by atoms with Gasteiger partial charge in [0.25, 0.3) is 15.9 Å². The molecule has 7 nitrogen and oxygen atoms in total. The maximum absolute atomic E-state index is 13.9. The number of anilines is 2. The Morgan fingerprint density at radius 3 is 2.67 bits per heavy atom. The summed E-state index contributed by atoms with van der Waals surface area (Å²) in [6.45, 7) is 3.42. The van der Waals surface area contributed by atoms with Crippen LogP contribution in [-0.4, -0.2) is 45.1 Å². The summed E-state index contributed by atoms with van der Waals surface area (Å²) in [5.41, 5.74) is 3.88. The van der Waals surface area contributed by atoms with Gasteiger partial charge in [-0.1, -0.05) is 47.2 Å². The summed E-state index contributed by atoms with van der Waals surface area (Å²) < 4.78 is 35.3. The number of halogens is 1. The summed E-state index contributed by atoms with van der Waals surface area (Å²) in [6.07, 6.45) is 3.34. The topological polar surface area (TPSA) is 79.8 Å². The molecule has 0 aliphatic carbocycles. The van der Waals surface area contributed by atoms with E-state index in [1.165, 1.54) is 27.8 Å². The summed E-state index contributed by atoms with van der Waals surface area (Å²) in [4.78, 5) is 20.4. The van der Waals surface area contributed by atoms with Crippen LogP contribution in [0.1, 0.15) is 40.7 Å². The van der Waals surface area contributed by atoms with Crippen molar-refractivity contribution in [3.8, 4) is 0 Å². The van der Waals surface area contributed by atoms with Gasteiger partial charge >= 0.3 is 0 Å². The third-order valence-corrected chi connectivity index (χ3v) is 10.7. The van der Waals surface area contributed by atoms with Crippen LogP contribution in [0.25, 0.3) is 10.2 Å². The van der Waals surface area contributed by atoms with Gasteiger partial charge in [-0.15, -0.1) is 0 Å². The second kappa shape index (κ2) is 10.5. The van der Waals surface area contributed by atoms with E-state index in [0.29, 0.717) is 35.4 Å². The molecule has 0 N–H and O–H groups in total. The minimum atomic E-state index is -3.77. The van der Waals surface area contributed by atoms with Gasteiger partial charge in [0.05, 0.1) is 38.5 Å². The standard InChI is InChI=1S/C29H28ClN3O4S2/c1-19-10-15-24(30)27-26(19)31-29(38-27)32(18-22-8-5-17-37-22)28(34)21-11-13-23(14-12-21)39(35,36)33-16-4-7-20-6-2-3-9-25(20)33/h2-3,6,9-15,22H,4-5,7-8,16-18H2,1H3. The van der Waals surface area contributed by atoms with Gasteiger partial charge in [-0.25, -0.2) is 13.4 Å². The molecule has 2 aliphatic rings. The highest BCUT2D eigenvalue weighted by Gasteiger charge is 2.31. The highest BCUT2D eigenvalue weighted by molar-refractivity contribution is 7.92. The van der Waals surface area contributed by atoms with E-state index < -0.39 is 10.0 Å². The first-order valence-corrected chi connectivity index (χ1v) is 15.7. The molecular weight excluding hydrogens is 554 g/mol. The number of ether oxygens (including phenoxy) is 1. The Balaban J connectivity index is 1.32. The van der Waals surface area contributed by atoms with Gasteiger partial charge in [0.15, 0.2) is 5.13 Å². The summed E-state index contributed by atoms with van der Waals surface area (Å²) in [5, 5.41) is 1.14.